The fraction of sp³-hybridized carbons (Fsp3) is 0.769. The van der Waals surface area contributed by atoms with Gasteiger partial charge in [-0.1, -0.05) is 13.3 Å². The van der Waals surface area contributed by atoms with Gasteiger partial charge in [0.25, 0.3) is 0 Å². The van der Waals surface area contributed by atoms with Gasteiger partial charge >= 0.3 is 0 Å². The highest BCUT2D eigenvalue weighted by molar-refractivity contribution is 5.02. The quantitative estimate of drug-likeness (QED) is 0.825. The lowest BCUT2D eigenvalue weighted by atomic mass is 9.97. The standard InChI is InChI=1S/C13H23N3/c1-3-8-14-13-6-4-5-11(13)10-12-7-9-16(2)15-12/h7,9,11,13-14H,3-6,8,10H2,1-2H3. The molecule has 1 aromatic rings. The molecule has 1 aliphatic carbocycles. The molecule has 0 amide bonds. The first-order valence-corrected chi connectivity index (χ1v) is 6.51. The van der Waals surface area contributed by atoms with Gasteiger partial charge in [-0.25, -0.2) is 0 Å². The maximum Gasteiger partial charge on any atom is 0.0627 e. The maximum absolute atomic E-state index is 4.48. The van der Waals surface area contributed by atoms with Crippen LogP contribution in [0, 0.1) is 5.92 Å². The summed E-state index contributed by atoms with van der Waals surface area (Å²) >= 11 is 0. The predicted octanol–water partition coefficient (Wildman–Crippen LogP) is 2.13. The van der Waals surface area contributed by atoms with E-state index in [-0.39, 0.29) is 0 Å². The molecule has 16 heavy (non-hydrogen) atoms. The monoisotopic (exact) mass is 221 g/mol. The smallest absolute Gasteiger partial charge is 0.0627 e. The summed E-state index contributed by atoms with van der Waals surface area (Å²) in [5.74, 6) is 0.793. The third-order valence-electron chi connectivity index (χ3n) is 3.56. The molecular formula is C13H23N3. The first-order valence-electron chi connectivity index (χ1n) is 6.51. The number of aryl methyl sites for hydroxylation is 1. The summed E-state index contributed by atoms with van der Waals surface area (Å²) in [6, 6.07) is 2.87. The fourth-order valence-corrected chi connectivity index (χ4v) is 2.72. The number of hydrogen-bond acceptors (Lipinski definition) is 2. The lowest BCUT2D eigenvalue weighted by Gasteiger charge is -2.19. The van der Waals surface area contributed by atoms with E-state index in [1.54, 1.807) is 0 Å². The van der Waals surface area contributed by atoms with Gasteiger partial charge < -0.3 is 5.32 Å². The van der Waals surface area contributed by atoms with Gasteiger partial charge in [-0.05, 0) is 44.2 Å². The highest BCUT2D eigenvalue weighted by Gasteiger charge is 2.27. The Kier molecular flexibility index (Phi) is 3.99. The summed E-state index contributed by atoms with van der Waals surface area (Å²) in [4.78, 5) is 0. The minimum absolute atomic E-state index is 0.724. The molecule has 1 saturated carbocycles. The Morgan fingerprint density at radius 3 is 3.06 bits per heavy atom. The van der Waals surface area contributed by atoms with E-state index in [0.29, 0.717) is 0 Å². The molecule has 2 unspecified atom stereocenters. The van der Waals surface area contributed by atoms with Crippen LogP contribution < -0.4 is 5.32 Å². The van der Waals surface area contributed by atoms with Crippen LogP contribution in [0.3, 0.4) is 0 Å². The van der Waals surface area contributed by atoms with Crippen molar-refractivity contribution in [2.24, 2.45) is 13.0 Å². The van der Waals surface area contributed by atoms with Gasteiger partial charge in [-0.2, -0.15) is 5.10 Å². The van der Waals surface area contributed by atoms with Crippen LogP contribution in [0.5, 0.6) is 0 Å². The molecule has 0 radical (unpaired) electrons. The number of rotatable bonds is 5. The number of hydrogen-bond donors (Lipinski definition) is 1. The van der Waals surface area contributed by atoms with Gasteiger partial charge in [0.15, 0.2) is 0 Å². The molecule has 0 saturated heterocycles. The normalized spacial score (nSPS) is 25.1. The Bertz CT molecular complexity index is 319. The van der Waals surface area contributed by atoms with Crippen molar-refractivity contribution in [3.8, 4) is 0 Å². The Balaban J connectivity index is 1.88. The Morgan fingerprint density at radius 1 is 1.50 bits per heavy atom. The zero-order chi connectivity index (χ0) is 11.4. The second-order valence-electron chi connectivity index (χ2n) is 4.94. The minimum Gasteiger partial charge on any atom is -0.314 e. The van der Waals surface area contributed by atoms with Crippen LogP contribution in [-0.2, 0) is 13.5 Å². The van der Waals surface area contributed by atoms with Gasteiger partial charge in [0, 0.05) is 19.3 Å². The first kappa shape index (κ1) is 11.6. The number of aromatic nitrogens is 2. The molecule has 2 atom stereocenters. The molecule has 0 aliphatic heterocycles. The van der Waals surface area contributed by atoms with E-state index < -0.39 is 0 Å². The van der Waals surface area contributed by atoms with Crippen LogP contribution >= 0.6 is 0 Å². The molecular weight excluding hydrogens is 198 g/mol. The predicted molar refractivity (Wildman–Crippen MR) is 66.3 cm³/mol. The second-order valence-corrected chi connectivity index (χ2v) is 4.94. The van der Waals surface area contributed by atoms with Gasteiger partial charge in [0.1, 0.15) is 0 Å². The summed E-state index contributed by atoms with van der Waals surface area (Å²) in [6.45, 7) is 3.39. The van der Waals surface area contributed by atoms with Crippen molar-refractivity contribution in [3.63, 3.8) is 0 Å². The number of nitrogens with zero attached hydrogens (tertiary/aromatic N) is 2. The average molecular weight is 221 g/mol. The second kappa shape index (κ2) is 5.48. The van der Waals surface area contributed by atoms with Crippen LogP contribution in [0.25, 0.3) is 0 Å². The largest absolute Gasteiger partial charge is 0.314 e. The fourth-order valence-electron chi connectivity index (χ4n) is 2.72. The van der Waals surface area contributed by atoms with Crippen molar-refractivity contribution in [2.75, 3.05) is 6.54 Å². The van der Waals surface area contributed by atoms with Crippen molar-refractivity contribution >= 4 is 0 Å². The topological polar surface area (TPSA) is 29.9 Å². The summed E-state index contributed by atoms with van der Waals surface area (Å²) in [5, 5.41) is 8.15. The lowest BCUT2D eigenvalue weighted by Crippen LogP contribution is -2.33. The van der Waals surface area contributed by atoms with E-state index in [4.69, 9.17) is 0 Å². The molecule has 3 heteroatoms. The van der Waals surface area contributed by atoms with Crippen LogP contribution in [-0.4, -0.2) is 22.4 Å². The summed E-state index contributed by atoms with van der Waals surface area (Å²) < 4.78 is 1.90. The van der Waals surface area contributed by atoms with Gasteiger partial charge in [-0.3, -0.25) is 4.68 Å². The zero-order valence-corrected chi connectivity index (χ0v) is 10.4. The van der Waals surface area contributed by atoms with Gasteiger partial charge in [0.05, 0.1) is 5.69 Å². The molecule has 2 rings (SSSR count). The average Bonchev–Trinajstić information content (AvgIpc) is 2.86. The van der Waals surface area contributed by atoms with Crippen LogP contribution in [0.2, 0.25) is 0 Å². The Labute approximate surface area is 98.2 Å². The van der Waals surface area contributed by atoms with Crippen LogP contribution in [0.15, 0.2) is 12.3 Å². The van der Waals surface area contributed by atoms with Gasteiger partial charge in [-0.15, -0.1) is 0 Å². The van der Waals surface area contributed by atoms with E-state index >= 15 is 0 Å². The van der Waals surface area contributed by atoms with Crippen LogP contribution in [0.1, 0.15) is 38.3 Å². The highest BCUT2D eigenvalue weighted by Crippen LogP contribution is 2.28. The lowest BCUT2D eigenvalue weighted by molar-refractivity contribution is 0.395. The Morgan fingerprint density at radius 2 is 2.38 bits per heavy atom. The van der Waals surface area contributed by atoms with E-state index in [1.165, 1.54) is 31.4 Å². The third kappa shape index (κ3) is 2.85. The van der Waals surface area contributed by atoms with E-state index in [1.807, 2.05) is 17.9 Å². The highest BCUT2D eigenvalue weighted by atomic mass is 15.2. The molecule has 1 heterocycles. The molecule has 0 bridgehead atoms. The van der Waals surface area contributed by atoms with Crippen molar-refractivity contribution in [3.05, 3.63) is 18.0 Å². The van der Waals surface area contributed by atoms with E-state index in [9.17, 15) is 0 Å². The molecule has 1 N–H and O–H groups in total. The molecule has 90 valence electrons. The molecule has 0 spiro atoms. The molecule has 3 nitrogen and oxygen atoms in total. The van der Waals surface area contributed by atoms with Crippen molar-refractivity contribution in [2.45, 2.75) is 45.1 Å². The maximum atomic E-state index is 4.48. The summed E-state index contributed by atoms with van der Waals surface area (Å²) in [5.41, 5.74) is 1.25. The zero-order valence-electron chi connectivity index (χ0n) is 10.4. The first-order chi connectivity index (χ1) is 7.79. The summed E-state index contributed by atoms with van der Waals surface area (Å²) in [7, 11) is 1.99. The SMILES string of the molecule is CCCNC1CCCC1Cc1ccn(C)n1. The van der Waals surface area contributed by atoms with Gasteiger partial charge in [0.2, 0.25) is 0 Å². The molecule has 0 aromatic carbocycles. The van der Waals surface area contributed by atoms with E-state index in [0.717, 1.165) is 24.9 Å². The van der Waals surface area contributed by atoms with Crippen LogP contribution in [0.4, 0.5) is 0 Å². The minimum atomic E-state index is 0.724. The summed E-state index contributed by atoms with van der Waals surface area (Å²) in [6.07, 6.45) is 8.49. The van der Waals surface area contributed by atoms with Crippen molar-refractivity contribution in [1.82, 2.24) is 15.1 Å². The Hall–Kier alpha value is -0.830. The van der Waals surface area contributed by atoms with Crippen molar-refractivity contribution in [1.29, 1.82) is 0 Å². The molecule has 1 aromatic heterocycles. The molecule has 1 aliphatic rings. The molecule has 1 fully saturated rings. The van der Waals surface area contributed by atoms with Crippen molar-refractivity contribution < 1.29 is 0 Å². The van der Waals surface area contributed by atoms with E-state index in [2.05, 4.69) is 23.4 Å². The third-order valence-corrected chi connectivity index (χ3v) is 3.56. The number of nitrogens with one attached hydrogen (secondary N) is 1.